The van der Waals surface area contributed by atoms with Crippen LogP contribution in [-0.2, 0) is 13.0 Å². The van der Waals surface area contributed by atoms with E-state index in [9.17, 15) is 0 Å². The Bertz CT molecular complexity index is 1330. The predicted molar refractivity (Wildman–Crippen MR) is 147 cm³/mol. The minimum Gasteiger partial charge on any atom is -0.495 e. The number of fused-ring (bicyclic) bond motifs is 1. The largest absolute Gasteiger partial charge is 0.495 e. The van der Waals surface area contributed by atoms with Crippen LogP contribution in [0.15, 0.2) is 55.1 Å². The highest BCUT2D eigenvalue weighted by Crippen LogP contribution is 2.38. The first kappa shape index (κ1) is 23.4. The van der Waals surface area contributed by atoms with Gasteiger partial charge < -0.3 is 15.0 Å². The first-order valence-electron chi connectivity index (χ1n) is 12.9. The summed E-state index contributed by atoms with van der Waals surface area (Å²) in [5.41, 5.74) is 3.52. The number of hydrogen-bond acceptors (Lipinski definition) is 7. The second-order valence-corrected chi connectivity index (χ2v) is 11.4. The number of pyridine rings is 1. The molecular weight excluding hydrogens is 466 g/mol. The molecule has 0 saturated heterocycles. The van der Waals surface area contributed by atoms with Crippen molar-refractivity contribution in [2.45, 2.75) is 57.2 Å². The molecule has 1 aromatic carbocycles. The van der Waals surface area contributed by atoms with Gasteiger partial charge in [-0.2, -0.15) is 0 Å². The van der Waals surface area contributed by atoms with Gasteiger partial charge in [-0.15, -0.1) is 11.3 Å². The van der Waals surface area contributed by atoms with Gasteiger partial charge in [-0.1, -0.05) is 24.3 Å². The van der Waals surface area contributed by atoms with E-state index in [-0.39, 0.29) is 0 Å². The van der Waals surface area contributed by atoms with Crippen molar-refractivity contribution in [1.29, 1.82) is 0 Å². The quantitative estimate of drug-likeness (QED) is 0.311. The van der Waals surface area contributed by atoms with Crippen molar-refractivity contribution in [3.63, 3.8) is 0 Å². The third-order valence-electron chi connectivity index (χ3n) is 7.66. The van der Waals surface area contributed by atoms with Crippen LogP contribution in [0.3, 0.4) is 0 Å². The number of ether oxygens (including phenoxy) is 1. The van der Waals surface area contributed by atoms with Gasteiger partial charge >= 0.3 is 0 Å². The number of aromatic nitrogens is 3. The smallest absolute Gasteiger partial charge is 0.140 e. The Labute approximate surface area is 216 Å². The number of nitrogens with one attached hydrogen (secondary N) is 1. The van der Waals surface area contributed by atoms with Crippen molar-refractivity contribution in [3.05, 3.63) is 65.6 Å². The molecule has 7 heteroatoms. The molecule has 2 aliphatic carbocycles. The summed E-state index contributed by atoms with van der Waals surface area (Å²) in [6.07, 6.45) is 12.8. The van der Waals surface area contributed by atoms with Crippen LogP contribution in [0.25, 0.3) is 21.3 Å². The second-order valence-electron chi connectivity index (χ2n) is 10.2. The van der Waals surface area contributed by atoms with Crippen LogP contribution in [0.5, 0.6) is 5.75 Å². The van der Waals surface area contributed by atoms with Gasteiger partial charge in [0.25, 0.3) is 0 Å². The average molecular weight is 500 g/mol. The molecule has 0 aliphatic heterocycles. The Morgan fingerprint density at radius 2 is 1.89 bits per heavy atom. The molecule has 2 saturated carbocycles. The van der Waals surface area contributed by atoms with E-state index in [4.69, 9.17) is 9.72 Å². The maximum Gasteiger partial charge on any atom is 0.140 e. The fraction of sp³-hybridized carbons (Fsp3) is 0.414. The zero-order valence-corrected chi connectivity index (χ0v) is 21.8. The van der Waals surface area contributed by atoms with Gasteiger partial charge in [0.15, 0.2) is 0 Å². The highest BCUT2D eigenvalue weighted by molar-refractivity contribution is 7.18. The Kier molecular flexibility index (Phi) is 6.59. The number of methoxy groups -OCH3 is 1. The summed E-state index contributed by atoms with van der Waals surface area (Å²) < 4.78 is 5.30. The van der Waals surface area contributed by atoms with Gasteiger partial charge in [0, 0.05) is 42.3 Å². The lowest BCUT2D eigenvalue weighted by Gasteiger charge is -2.26. The highest BCUT2D eigenvalue weighted by atomic mass is 32.1. The minimum atomic E-state index is 0.496. The van der Waals surface area contributed by atoms with Crippen molar-refractivity contribution in [2.24, 2.45) is 5.92 Å². The molecule has 3 aromatic heterocycles. The number of benzene rings is 1. The molecule has 0 spiro atoms. The lowest BCUT2D eigenvalue weighted by Crippen LogP contribution is -2.33. The summed E-state index contributed by atoms with van der Waals surface area (Å²) in [5, 5.41) is 5.02. The van der Waals surface area contributed by atoms with Gasteiger partial charge in [0.05, 0.1) is 18.7 Å². The van der Waals surface area contributed by atoms with E-state index in [2.05, 4.69) is 57.6 Å². The van der Waals surface area contributed by atoms with Gasteiger partial charge in [-0.3, -0.25) is 4.98 Å². The van der Waals surface area contributed by atoms with Gasteiger partial charge in [0.2, 0.25) is 0 Å². The Morgan fingerprint density at radius 3 is 2.69 bits per heavy atom. The number of thiophene rings is 1. The van der Waals surface area contributed by atoms with Crippen LogP contribution in [0.4, 0.5) is 5.82 Å². The maximum absolute atomic E-state index is 5.30. The first-order valence-corrected chi connectivity index (χ1v) is 13.8. The maximum atomic E-state index is 5.30. The lowest BCUT2D eigenvalue weighted by molar-refractivity contribution is 0.413. The molecule has 0 amide bonds. The van der Waals surface area contributed by atoms with Crippen LogP contribution in [0.1, 0.15) is 42.5 Å². The second kappa shape index (κ2) is 10.1. The molecule has 0 unspecified atom stereocenters. The summed E-state index contributed by atoms with van der Waals surface area (Å²) in [7, 11) is 3.88. The lowest BCUT2D eigenvalue weighted by atomic mass is 10.1. The SMILES string of the molecule is COc1cncc(-c2ccc(CN[C@H]3CC[C@@H](N(C)c4ncnc5sc(CC6CC6)cc45)C3)cc2)c1. The molecule has 36 heavy (non-hydrogen) atoms. The van der Waals surface area contributed by atoms with Gasteiger partial charge in [-0.25, -0.2) is 9.97 Å². The van der Waals surface area contributed by atoms with E-state index in [1.54, 1.807) is 19.6 Å². The minimum absolute atomic E-state index is 0.496. The van der Waals surface area contributed by atoms with Crippen LogP contribution in [-0.4, -0.2) is 41.2 Å². The van der Waals surface area contributed by atoms with Crippen LogP contribution < -0.4 is 15.0 Å². The highest BCUT2D eigenvalue weighted by Gasteiger charge is 2.29. The molecule has 2 fully saturated rings. The van der Waals surface area contributed by atoms with Crippen LogP contribution >= 0.6 is 11.3 Å². The number of hydrogen-bond donors (Lipinski definition) is 1. The molecule has 2 aliphatic rings. The predicted octanol–water partition coefficient (Wildman–Crippen LogP) is 5.86. The van der Waals surface area contributed by atoms with Crippen molar-refractivity contribution in [1.82, 2.24) is 20.3 Å². The summed E-state index contributed by atoms with van der Waals surface area (Å²) in [5.74, 6) is 2.76. The summed E-state index contributed by atoms with van der Waals surface area (Å²) >= 11 is 1.85. The molecule has 2 atom stereocenters. The Balaban J connectivity index is 1.06. The zero-order chi connectivity index (χ0) is 24.5. The van der Waals surface area contributed by atoms with Crippen LogP contribution in [0, 0.1) is 5.92 Å². The average Bonchev–Trinajstić information content (AvgIpc) is 3.43. The van der Waals surface area contributed by atoms with Crippen molar-refractivity contribution in [2.75, 3.05) is 19.1 Å². The van der Waals surface area contributed by atoms with E-state index in [0.29, 0.717) is 12.1 Å². The molecular formula is C29H33N5OS. The van der Waals surface area contributed by atoms with E-state index in [1.165, 1.54) is 47.9 Å². The molecule has 0 bridgehead atoms. The van der Waals surface area contributed by atoms with E-state index in [0.717, 1.165) is 46.4 Å². The molecule has 4 aromatic rings. The fourth-order valence-corrected chi connectivity index (χ4v) is 6.42. The van der Waals surface area contributed by atoms with Crippen molar-refractivity contribution < 1.29 is 4.74 Å². The first-order chi connectivity index (χ1) is 17.7. The summed E-state index contributed by atoms with van der Waals surface area (Å²) in [6.45, 7) is 0.880. The number of anilines is 1. The topological polar surface area (TPSA) is 63.2 Å². The van der Waals surface area contributed by atoms with E-state index in [1.807, 2.05) is 23.6 Å². The normalized spacial score (nSPS) is 19.6. The summed E-state index contributed by atoms with van der Waals surface area (Å²) in [4.78, 5) is 18.5. The molecule has 3 heterocycles. The fourth-order valence-electron chi connectivity index (χ4n) is 5.31. The zero-order valence-electron chi connectivity index (χ0n) is 21.0. The number of rotatable bonds is 9. The Morgan fingerprint density at radius 1 is 1.03 bits per heavy atom. The molecule has 0 radical (unpaired) electrons. The molecule has 6 rings (SSSR count). The molecule has 6 nitrogen and oxygen atoms in total. The Hall–Kier alpha value is -3.03. The van der Waals surface area contributed by atoms with Gasteiger partial charge in [0.1, 0.15) is 22.7 Å². The van der Waals surface area contributed by atoms with E-state index >= 15 is 0 Å². The van der Waals surface area contributed by atoms with Gasteiger partial charge in [-0.05, 0) is 67.7 Å². The van der Waals surface area contributed by atoms with Crippen molar-refractivity contribution in [3.8, 4) is 16.9 Å². The third kappa shape index (κ3) is 5.08. The number of nitrogens with zero attached hydrogens (tertiary/aromatic N) is 4. The third-order valence-corrected chi connectivity index (χ3v) is 8.73. The monoisotopic (exact) mass is 499 g/mol. The molecule has 186 valence electrons. The standard InChI is InChI=1S/C29H33N5OS/c1-34(28-27-14-26(11-19-3-4-19)36-29(27)33-18-32-28)24-10-9-23(13-24)31-15-20-5-7-21(8-6-20)22-12-25(35-2)17-30-16-22/h5-8,12,14,16-19,23-24,31H,3-4,9-11,13,15H2,1-2H3/t23-,24+/m0/s1. The summed E-state index contributed by atoms with van der Waals surface area (Å²) in [6, 6.07) is 14.1. The molecule has 1 N–H and O–H groups in total. The van der Waals surface area contributed by atoms with Crippen LogP contribution in [0.2, 0.25) is 0 Å². The van der Waals surface area contributed by atoms with E-state index < -0.39 is 0 Å². The van der Waals surface area contributed by atoms with Crippen molar-refractivity contribution >= 4 is 27.4 Å².